The molecule has 0 saturated heterocycles. The molecule has 0 aliphatic heterocycles. The van der Waals surface area contributed by atoms with Crippen LogP contribution >= 0.6 is 0 Å². The average molecular weight is 490 g/mol. The van der Waals surface area contributed by atoms with Gasteiger partial charge < -0.3 is 9.84 Å². The van der Waals surface area contributed by atoms with Crippen molar-refractivity contribution in [2.45, 2.75) is 112 Å². The summed E-state index contributed by atoms with van der Waals surface area (Å²) in [6.07, 6.45) is 10.9. The number of ether oxygens (including phenoxy) is 1. The van der Waals surface area contributed by atoms with E-state index >= 15 is 0 Å². The van der Waals surface area contributed by atoms with Crippen molar-refractivity contribution in [3.8, 4) is 0 Å². The summed E-state index contributed by atoms with van der Waals surface area (Å²) in [5.41, 5.74) is 9.53. The predicted molar refractivity (Wildman–Crippen MR) is 140 cm³/mol. The second kappa shape index (κ2) is 11.9. The molecule has 6 nitrogen and oxygen atoms in total. The van der Waals surface area contributed by atoms with Gasteiger partial charge in [0.15, 0.2) is 0 Å². The number of esters is 1. The Bertz CT molecular complexity index is 766. The third-order valence-electron chi connectivity index (χ3n) is 10.8. The fourth-order valence-corrected chi connectivity index (χ4v) is 8.88. The molecule has 0 aromatic rings. The molecule has 6 heteroatoms. The summed E-state index contributed by atoms with van der Waals surface area (Å²) in [5.74, 6) is 3.50. The number of azide groups is 1. The van der Waals surface area contributed by atoms with Gasteiger partial charge in [-0.15, -0.1) is 0 Å². The second-order valence-electron chi connectivity index (χ2n) is 13.3. The van der Waals surface area contributed by atoms with Crippen molar-refractivity contribution in [2.24, 2.45) is 57.4 Å². The van der Waals surface area contributed by atoms with Gasteiger partial charge in [-0.1, -0.05) is 59.0 Å². The second-order valence-corrected chi connectivity index (χ2v) is 13.3. The average Bonchev–Trinajstić information content (AvgIpc) is 3.15. The summed E-state index contributed by atoms with van der Waals surface area (Å²) >= 11 is 0. The van der Waals surface area contributed by atoms with E-state index in [2.05, 4.69) is 44.6 Å². The van der Waals surface area contributed by atoms with Crippen molar-refractivity contribution in [1.29, 1.82) is 0 Å². The van der Waals surface area contributed by atoms with Crippen molar-refractivity contribution in [2.75, 3.05) is 13.2 Å². The van der Waals surface area contributed by atoms with Crippen LogP contribution in [0, 0.1) is 52.3 Å². The first-order valence-corrected chi connectivity index (χ1v) is 14.3. The van der Waals surface area contributed by atoms with E-state index in [1.54, 1.807) is 0 Å². The van der Waals surface area contributed by atoms with Gasteiger partial charge in [0.25, 0.3) is 0 Å². The van der Waals surface area contributed by atoms with E-state index in [0.717, 1.165) is 37.0 Å². The zero-order valence-electron chi connectivity index (χ0n) is 23.2. The predicted octanol–water partition coefficient (Wildman–Crippen LogP) is 7.55. The van der Waals surface area contributed by atoms with Crippen LogP contribution in [0.25, 0.3) is 10.4 Å². The van der Waals surface area contributed by atoms with Gasteiger partial charge in [-0.05, 0) is 96.8 Å². The maximum absolute atomic E-state index is 11.6. The maximum atomic E-state index is 11.6. The van der Waals surface area contributed by atoms with Crippen molar-refractivity contribution in [1.82, 2.24) is 0 Å². The lowest BCUT2D eigenvalue weighted by atomic mass is 9.48. The number of nitrogens with zero attached hydrogens (tertiary/aromatic N) is 3. The van der Waals surface area contributed by atoms with Crippen molar-refractivity contribution in [3.63, 3.8) is 0 Å². The van der Waals surface area contributed by atoms with Crippen molar-refractivity contribution < 1.29 is 14.6 Å². The van der Waals surface area contributed by atoms with Crippen LogP contribution in [0.15, 0.2) is 5.11 Å². The van der Waals surface area contributed by atoms with E-state index in [9.17, 15) is 15.4 Å². The Labute approximate surface area is 213 Å². The normalized spacial score (nSPS) is 40.1. The van der Waals surface area contributed by atoms with E-state index in [1.807, 2.05) is 0 Å². The molecular weight excluding hydrogens is 438 g/mol. The first-order valence-electron chi connectivity index (χ1n) is 14.3. The Morgan fingerprint density at radius 3 is 2.43 bits per heavy atom. The van der Waals surface area contributed by atoms with Gasteiger partial charge in [-0.25, -0.2) is 0 Å². The Morgan fingerprint density at radius 2 is 1.77 bits per heavy atom. The molecule has 0 bridgehead atoms. The molecule has 0 radical (unpaired) electrons. The fraction of sp³-hybridized carbons (Fsp3) is 0.966. The Balaban J connectivity index is 1.84. The number of rotatable bonds is 10. The summed E-state index contributed by atoms with van der Waals surface area (Å²) < 4.78 is 5.51. The van der Waals surface area contributed by atoms with E-state index < -0.39 is 0 Å². The molecule has 3 fully saturated rings. The molecule has 200 valence electrons. The molecule has 0 aromatic carbocycles. The smallest absolute Gasteiger partial charge is 0.302 e. The van der Waals surface area contributed by atoms with Crippen LogP contribution in [-0.2, 0) is 9.53 Å². The van der Waals surface area contributed by atoms with Crippen LogP contribution in [0.2, 0.25) is 0 Å². The Kier molecular flexibility index (Phi) is 9.59. The topological polar surface area (TPSA) is 95.3 Å². The van der Waals surface area contributed by atoms with Crippen molar-refractivity contribution in [3.05, 3.63) is 10.4 Å². The van der Waals surface area contributed by atoms with Crippen LogP contribution in [0.4, 0.5) is 0 Å². The van der Waals surface area contributed by atoms with E-state index in [1.165, 1.54) is 45.4 Å². The molecule has 3 rings (SSSR count). The van der Waals surface area contributed by atoms with Gasteiger partial charge >= 0.3 is 5.97 Å². The summed E-state index contributed by atoms with van der Waals surface area (Å²) in [6.45, 7) is 14.4. The molecule has 3 saturated carbocycles. The Morgan fingerprint density at radius 1 is 1.09 bits per heavy atom. The minimum absolute atomic E-state index is 0.0212. The Hall–Kier alpha value is -1.26. The largest absolute Gasteiger partial charge is 0.466 e. The van der Waals surface area contributed by atoms with Crippen LogP contribution < -0.4 is 0 Å². The number of hydrogen-bond acceptors (Lipinski definition) is 4. The van der Waals surface area contributed by atoms with E-state index in [4.69, 9.17) is 4.74 Å². The number of fused-ring (bicyclic) bond motifs is 1. The summed E-state index contributed by atoms with van der Waals surface area (Å²) in [5, 5.41) is 14.6. The van der Waals surface area contributed by atoms with Crippen LogP contribution in [-0.4, -0.2) is 30.3 Å². The lowest BCUT2D eigenvalue weighted by molar-refractivity contribution is -0.150. The highest BCUT2D eigenvalue weighted by Crippen LogP contribution is 2.65. The summed E-state index contributed by atoms with van der Waals surface area (Å²) in [4.78, 5) is 14.8. The molecular formula is C29H51N3O3. The first-order chi connectivity index (χ1) is 16.5. The molecule has 3 aliphatic rings. The minimum Gasteiger partial charge on any atom is -0.466 e. The van der Waals surface area contributed by atoms with Gasteiger partial charge in [0, 0.05) is 24.3 Å². The SMILES string of the molecule is CC(=O)OC[C@H]1C[C@@H](O)CC[C@]1(C)[C@H]1CC[C@]2(C)[C@@H](C(C)CCCC(C)C)CC[C@H]2[C@@H]1CN=[N+]=[N-]. The van der Waals surface area contributed by atoms with Crippen LogP contribution in [0.5, 0.6) is 0 Å². The molecule has 35 heavy (non-hydrogen) atoms. The highest BCUT2D eigenvalue weighted by Gasteiger charge is 2.58. The molecule has 0 aromatic heterocycles. The molecule has 0 spiro atoms. The van der Waals surface area contributed by atoms with Gasteiger partial charge in [-0.3, -0.25) is 4.79 Å². The number of carbonyl (C=O) groups is 1. The highest BCUT2D eigenvalue weighted by atomic mass is 16.5. The van der Waals surface area contributed by atoms with Gasteiger partial charge in [0.2, 0.25) is 0 Å². The third kappa shape index (κ3) is 6.18. The fourth-order valence-electron chi connectivity index (χ4n) is 8.88. The number of aliphatic hydroxyl groups is 1. The van der Waals surface area contributed by atoms with Crippen LogP contribution in [0.3, 0.4) is 0 Å². The lowest BCUT2D eigenvalue weighted by Crippen LogP contribution is -2.53. The first kappa shape index (κ1) is 28.3. The minimum atomic E-state index is -0.324. The maximum Gasteiger partial charge on any atom is 0.302 e. The van der Waals surface area contributed by atoms with E-state index in [-0.39, 0.29) is 23.4 Å². The number of hydrogen-bond donors (Lipinski definition) is 1. The van der Waals surface area contributed by atoms with Crippen LogP contribution in [0.1, 0.15) is 106 Å². The van der Waals surface area contributed by atoms with Gasteiger partial charge in [0.1, 0.15) is 0 Å². The lowest BCUT2D eigenvalue weighted by Gasteiger charge is -2.57. The zero-order chi connectivity index (χ0) is 25.8. The molecule has 3 aliphatic carbocycles. The van der Waals surface area contributed by atoms with Gasteiger partial charge in [-0.2, -0.15) is 0 Å². The van der Waals surface area contributed by atoms with E-state index in [0.29, 0.717) is 42.7 Å². The third-order valence-corrected chi connectivity index (χ3v) is 10.8. The van der Waals surface area contributed by atoms with Crippen molar-refractivity contribution >= 4 is 5.97 Å². The molecule has 1 N–H and O–H groups in total. The molecule has 0 heterocycles. The number of carbonyl (C=O) groups excluding carboxylic acids is 1. The highest BCUT2D eigenvalue weighted by molar-refractivity contribution is 5.65. The molecule has 1 unspecified atom stereocenters. The summed E-state index contributed by atoms with van der Waals surface area (Å²) in [6, 6.07) is 0. The van der Waals surface area contributed by atoms with Gasteiger partial charge in [0.05, 0.1) is 12.7 Å². The molecule has 0 amide bonds. The quantitative estimate of drug-likeness (QED) is 0.148. The standard InChI is InChI=1S/C29H51N3O3/c1-19(2)8-7-9-20(3)25-10-11-26-24(17-31-32-30)27(13-15-29(25,26)6)28(5)14-12-23(34)16-22(28)18-35-21(4)33/h19-20,22-27,34H,7-18H2,1-6H3/t20?,22-,23+,24+,25-,26+,27+,28+,29-/m1/s1. The zero-order valence-corrected chi connectivity index (χ0v) is 23.2. The summed E-state index contributed by atoms with van der Waals surface area (Å²) in [7, 11) is 0. The molecule has 9 atom stereocenters. The number of aliphatic hydroxyl groups excluding tert-OH is 1. The monoisotopic (exact) mass is 489 g/mol.